The van der Waals surface area contributed by atoms with Gasteiger partial charge in [-0.2, -0.15) is 0 Å². The van der Waals surface area contributed by atoms with Crippen molar-refractivity contribution < 1.29 is 23.5 Å². The standard InChI is InChI=1S/C19H18N2O5S/c1-10-15(18(23)25-3)16(21-19(27)20-10)14-9-8-13(26-14)11-6-4-5-7-12(11)17(22)24-2/h4-9,16H,1-3H3,(H2,20,21,27)/t16-/m0/s1. The Morgan fingerprint density at radius 1 is 1.07 bits per heavy atom. The molecular weight excluding hydrogens is 368 g/mol. The smallest absolute Gasteiger partial charge is 0.338 e. The molecule has 1 atom stereocenters. The molecule has 2 N–H and O–H groups in total. The molecule has 0 aliphatic carbocycles. The summed E-state index contributed by atoms with van der Waals surface area (Å²) >= 11 is 5.20. The highest BCUT2D eigenvalue weighted by Crippen LogP contribution is 2.33. The molecule has 2 aromatic rings. The van der Waals surface area contributed by atoms with Gasteiger partial charge in [-0.3, -0.25) is 0 Å². The van der Waals surface area contributed by atoms with Crippen LogP contribution >= 0.6 is 12.2 Å². The van der Waals surface area contributed by atoms with Gasteiger partial charge in [-0.15, -0.1) is 0 Å². The molecule has 0 fully saturated rings. The second-order valence-electron chi connectivity index (χ2n) is 5.80. The molecule has 7 nitrogen and oxygen atoms in total. The largest absolute Gasteiger partial charge is 0.466 e. The average Bonchev–Trinajstić information content (AvgIpc) is 3.16. The van der Waals surface area contributed by atoms with E-state index in [1.807, 2.05) is 0 Å². The number of carbonyl (C=O) groups excluding carboxylic acids is 2. The third-order valence-corrected chi connectivity index (χ3v) is 4.40. The maximum absolute atomic E-state index is 12.2. The summed E-state index contributed by atoms with van der Waals surface area (Å²) in [5.41, 5.74) is 1.93. The highest BCUT2D eigenvalue weighted by molar-refractivity contribution is 7.80. The van der Waals surface area contributed by atoms with Crippen molar-refractivity contribution in [2.24, 2.45) is 0 Å². The molecule has 1 aromatic heterocycles. The fourth-order valence-electron chi connectivity index (χ4n) is 2.93. The van der Waals surface area contributed by atoms with Crippen molar-refractivity contribution in [1.29, 1.82) is 0 Å². The van der Waals surface area contributed by atoms with Crippen LogP contribution < -0.4 is 10.6 Å². The minimum Gasteiger partial charge on any atom is -0.466 e. The number of allylic oxidation sites excluding steroid dienone is 1. The maximum atomic E-state index is 12.2. The number of carbonyl (C=O) groups is 2. The summed E-state index contributed by atoms with van der Waals surface area (Å²) in [6.45, 7) is 1.74. The SMILES string of the molecule is COC(=O)C1=C(C)NC(=S)N[C@H]1c1ccc(-c2ccccc2C(=O)OC)o1. The predicted octanol–water partition coefficient (Wildman–Crippen LogP) is 2.70. The van der Waals surface area contributed by atoms with Gasteiger partial charge in [0.1, 0.15) is 17.6 Å². The summed E-state index contributed by atoms with van der Waals surface area (Å²) in [5.74, 6) is -0.0176. The lowest BCUT2D eigenvalue weighted by atomic mass is 10.0. The Morgan fingerprint density at radius 2 is 1.78 bits per heavy atom. The topological polar surface area (TPSA) is 89.8 Å². The van der Waals surface area contributed by atoms with Crippen molar-refractivity contribution in [2.45, 2.75) is 13.0 Å². The summed E-state index contributed by atoms with van der Waals surface area (Å²) in [5, 5.41) is 6.30. The van der Waals surface area contributed by atoms with Crippen molar-refractivity contribution in [2.75, 3.05) is 14.2 Å². The summed E-state index contributed by atoms with van der Waals surface area (Å²) < 4.78 is 15.7. The van der Waals surface area contributed by atoms with Crippen molar-refractivity contribution >= 4 is 29.3 Å². The molecule has 0 unspecified atom stereocenters. The maximum Gasteiger partial charge on any atom is 0.338 e. The van der Waals surface area contributed by atoms with Crippen LogP contribution in [0.15, 0.2) is 52.1 Å². The second kappa shape index (κ2) is 7.63. The van der Waals surface area contributed by atoms with Crippen LogP contribution in [0.1, 0.15) is 29.1 Å². The first-order chi connectivity index (χ1) is 13.0. The Hall–Kier alpha value is -3.13. The Morgan fingerprint density at radius 3 is 2.48 bits per heavy atom. The number of hydrogen-bond donors (Lipinski definition) is 2. The van der Waals surface area contributed by atoms with E-state index in [1.54, 1.807) is 43.3 Å². The summed E-state index contributed by atoms with van der Waals surface area (Å²) in [6, 6.07) is 9.81. The number of furan rings is 1. The van der Waals surface area contributed by atoms with Crippen LogP contribution in [0.5, 0.6) is 0 Å². The highest BCUT2D eigenvalue weighted by atomic mass is 32.1. The Kier molecular flexibility index (Phi) is 5.27. The zero-order valence-electron chi connectivity index (χ0n) is 15.0. The van der Waals surface area contributed by atoms with Gasteiger partial charge in [-0.25, -0.2) is 9.59 Å². The van der Waals surface area contributed by atoms with Gasteiger partial charge >= 0.3 is 11.9 Å². The van der Waals surface area contributed by atoms with Gasteiger partial charge in [-0.1, -0.05) is 18.2 Å². The highest BCUT2D eigenvalue weighted by Gasteiger charge is 2.33. The fraction of sp³-hybridized carbons (Fsp3) is 0.211. The van der Waals surface area contributed by atoms with Crippen LogP contribution in [0.3, 0.4) is 0 Å². The van der Waals surface area contributed by atoms with E-state index in [9.17, 15) is 9.59 Å². The van der Waals surface area contributed by atoms with Gasteiger partial charge in [0.2, 0.25) is 0 Å². The lowest BCUT2D eigenvalue weighted by molar-refractivity contribution is -0.136. The van der Waals surface area contributed by atoms with Crippen LogP contribution in [-0.2, 0) is 14.3 Å². The molecule has 140 valence electrons. The molecule has 0 spiro atoms. The van der Waals surface area contributed by atoms with Crippen LogP contribution in [0.25, 0.3) is 11.3 Å². The molecule has 0 radical (unpaired) electrons. The predicted molar refractivity (Wildman–Crippen MR) is 102 cm³/mol. The quantitative estimate of drug-likeness (QED) is 0.612. The van der Waals surface area contributed by atoms with E-state index in [1.165, 1.54) is 14.2 Å². The zero-order chi connectivity index (χ0) is 19.6. The Balaban J connectivity index is 2.03. The minimum atomic E-state index is -0.606. The number of ether oxygens (including phenoxy) is 2. The lowest BCUT2D eigenvalue weighted by Crippen LogP contribution is -2.44. The first-order valence-electron chi connectivity index (χ1n) is 8.10. The van der Waals surface area contributed by atoms with Crippen molar-refractivity contribution in [3.8, 4) is 11.3 Å². The Bertz CT molecular complexity index is 947. The molecule has 0 bridgehead atoms. The molecule has 3 rings (SSSR count). The van der Waals surface area contributed by atoms with Gasteiger partial charge in [-0.05, 0) is 37.3 Å². The van der Waals surface area contributed by atoms with E-state index in [-0.39, 0.29) is 0 Å². The molecule has 1 aliphatic heterocycles. The molecule has 8 heteroatoms. The minimum absolute atomic E-state index is 0.369. The second-order valence-corrected chi connectivity index (χ2v) is 6.21. The summed E-state index contributed by atoms with van der Waals surface area (Å²) in [6.07, 6.45) is 0. The number of nitrogens with one attached hydrogen (secondary N) is 2. The number of esters is 2. The number of hydrogen-bond acceptors (Lipinski definition) is 6. The van der Waals surface area contributed by atoms with Gasteiger partial charge in [0, 0.05) is 11.3 Å². The van der Waals surface area contributed by atoms with E-state index < -0.39 is 18.0 Å². The molecule has 0 saturated heterocycles. The molecule has 1 aliphatic rings. The van der Waals surface area contributed by atoms with Gasteiger partial charge in [0.15, 0.2) is 5.11 Å². The van der Waals surface area contributed by atoms with E-state index in [0.29, 0.717) is 39.0 Å². The summed E-state index contributed by atoms with van der Waals surface area (Å²) in [4.78, 5) is 24.2. The first kappa shape index (κ1) is 18.7. The fourth-order valence-corrected chi connectivity index (χ4v) is 3.20. The average molecular weight is 386 g/mol. The van der Waals surface area contributed by atoms with E-state index in [4.69, 9.17) is 26.1 Å². The summed E-state index contributed by atoms with van der Waals surface area (Å²) in [7, 11) is 2.63. The van der Waals surface area contributed by atoms with Crippen molar-refractivity contribution in [3.63, 3.8) is 0 Å². The van der Waals surface area contributed by atoms with Crippen LogP contribution in [0, 0.1) is 0 Å². The van der Waals surface area contributed by atoms with Crippen LogP contribution in [0.4, 0.5) is 0 Å². The third-order valence-electron chi connectivity index (χ3n) is 4.18. The van der Waals surface area contributed by atoms with Gasteiger partial charge in [0.05, 0.1) is 25.4 Å². The molecule has 0 saturated carbocycles. The molecule has 1 aromatic carbocycles. The number of thiocarbonyl (C=S) groups is 1. The van der Waals surface area contributed by atoms with Crippen molar-refractivity contribution in [3.05, 3.63) is 59.0 Å². The molecule has 2 heterocycles. The number of rotatable bonds is 4. The Labute approximate surface area is 161 Å². The van der Waals surface area contributed by atoms with Crippen LogP contribution in [0.2, 0.25) is 0 Å². The van der Waals surface area contributed by atoms with E-state index in [2.05, 4.69) is 10.6 Å². The monoisotopic (exact) mass is 386 g/mol. The zero-order valence-corrected chi connectivity index (χ0v) is 15.8. The first-order valence-corrected chi connectivity index (χ1v) is 8.51. The molecule has 27 heavy (non-hydrogen) atoms. The number of methoxy groups -OCH3 is 2. The third kappa shape index (κ3) is 3.56. The van der Waals surface area contributed by atoms with E-state index in [0.717, 1.165) is 0 Å². The number of benzene rings is 1. The van der Waals surface area contributed by atoms with Gasteiger partial charge < -0.3 is 24.5 Å². The van der Waals surface area contributed by atoms with Gasteiger partial charge in [0.25, 0.3) is 0 Å². The van der Waals surface area contributed by atoms with Crippen LogP contribution in [-0.4, -0.2) is 31.3 Å². The normalized spacial score (nSPS) is 16.4. The molecule has 0 amide bonds. The van der Waals surface area contributed by atoms with E-state index >= 15 is 0 Å². The van der Waals surface area contributed by atoms with Crippen molar-refractivity contribution in [1.82, 2.24) is 10.6 Å². The lowest BCUT2D eigenvalue weighted by Gasteiger charge is -2.27. The molecular formula is C19H18N2O5S.